The third-order valence-electron chi connectivity index (χ3n) is 2.28. The molecule has 2 rings (SSSR count). The van der Waals surface area contributed by atoms with Crippen molar-refractivity contribution in [2.24, 2.45) is 0 Å². The van der Waals surface area contributed by atoms with E-state index < -0.39 is 16.1 Å². The van der Waals surface area contributed by atoms with Gasteiger partial charge in [0.1, 0.15) is 4.21 Å². The number of nitrogens with zero attached hydrogens (tertiary/aromatic N) is 1. The van der Waals surface area contributed by atoms with Crippen molar-refractivity contribution in [3.05, 3.63) is 46.6 Å². The van der Waals surface area contributed by atoms with Crippen LogP contribution in [0, 0.1) is 0 Å². The van der Waals surface area contributed by atoms with Crippen LogP contribution in [0.15, 0.2) is 40.7 Å². The summed E-state index contributed by atoms with van der Waals surface area (Å²) in [5.41, 5.74) is 0.670. The Morgan fingerprint density at radius 1 is 1.33 bits per heavy atom. The van der Waals surface area contributed by atoms with Crippen LogP contribution in [0.5, 0.6) is 0 Å². The van der Waals surface area contributed by atoms with Crippen LogP contribution in [0.3, 0.4) is 0 Å². The van der Waals surface area contributed by atoms with Crippen LogP contribution in [0.4, 0.5) is 0 Å². The zero-order chi connectivity index (χ0) is 13.2. The lowest BCUT2D eigenvalue weighted by Gasteiger charge is -2.12. The van der Waals surface area contributed by atoms with Gasteiger partial charge in [-0.1, -0.05) is 17.7 Å². The third kappa shape index (κ3) is 3.08. The second-order valence-corrected chi connectivity index (χ2v) is 7.31. The Labute approximate surface area is 115 Å². The van der Waals surface area contributed by atoms with Gasteiger partial charge in [0.15, 0.2) is 0 Å². The predicted molar refractivity (Wildman–Crippen MR) is 72.3 cm³/mol. The SMILES string of the molecule is C[C@H](NS(=O)(=O)c1ccc(Cl)s1)c1ccccn1. The second kappa shape index (κ2) is 5.36. The van der Waals surface area contributed by atoms with E-state index in [1.807, 2.05) is 6.07 Å². The molecule has 0 aliphatic carbocycles. The van der Waals surface area contributed by atoms with Crippen LogP contribution in [-0.4, -0.2) is 13.4 Å². The first-order valence-corrected chi connectivity index (χ1v) is 7.85. The Balaban J connectivity index is 2.19. The fraction of sp³-hybridized carbons (Fsp3) is 0.182. The number of aromatic nitrogens is 1. The van der Waals surface area contributed by atoms with E-state index in [9.17, 15) is 8.42 Å². The minimum absolute atomic E-state index is 0.204. The van der Waals surface area contributed by atoms with Crippen LogP contribution in [0.2, 0.25) is 4.34 Å². The Hall–Kier alpha value is -0.950. The van der Waals surface area contributed by atoms with Crippen LogP contribution in [0.1, 0.15) is 18.7 Å². The average molecular weight is 303 g/mol. The molecule has 0 aromatic carbocycles. The highest BCUT2D eigenvalue weighted by Gasteiger charge is 2.20. The van der Waals surface area contributed by atoms with Crippen molar-refractivity contribution in [1.82, 2.24) is 9.71 Å². The van der Waals surface area contributed by atoms with Crippen LogP contribution >= 0.6 is 22.9 Å². The number of hydrogen-bond acceptors (Lipinski definition) is 4. The van der Waals surface area contributed by atoms with Crippen molar-refractivity contribution in [3.8, 4) is 0 Å². The maximum absolute atomic E-state index is 12.0. The van der Waals surface area contributed by atoms with Crippen molar-refractivity contribution >= 4 is 33.0 Å². The normalized spacial score (nSPS) is 13.4. The second-order valence-electron chi connectivity index (χ2n) is 3.66. The molecule has 1 atom stereocenters. The molecule has 0 spiro atoms. The molecular formula is C11H11ClN2O2S2. The molecule has 2 heterocycles. The fourth-order valence-electron chi connectivity index (χ4n) is 1.43. The quantitative estimate of drug-likeness (QED) is 0.945. The summed E-state index contributed by atoms with van der Waals surface area (Å²) in [5, 5.41) is 0. The molecule has 0 saturated carbocycles. The van der Waals surface area contributed by atoms with Crippen molar-refractivity contribution in [3.63, 3.8) is 0 Å². The monoisotopic (exact) mass is 302 g/mol. The molecule has 18 heavy (non-hydrogen) atoms. The summed E-state index contributed by atoms with van der Waals surface area (Å²) in [6, 6.07) is 8.03. The van der Waals surface area contributed by atoms with E-state index in [-0.39, 0.29) is 4.21 Å². The first-order chi connectivity index (χ1) is 8.49. The molecule has 0 aliphatic heterocycles. The fourth-order valence-corrected chi connectivity index (χ4v) is 4.14. The van der Waals surface area contributed by atoms with Gasteiger partial charge in [0.2, 0.25) is 0 Å². The number of rotatable bonds is 4. The van der Waals surface area contributed by atoms with Crippen molar-refractivity contribution in [2.45, 2.75) is 17.2 Å². The van der Waals surface area contributed by atoms with Gasteiger partial charge in [0.05, 0.1) is 16.1 Å². The van der Waals surface area contributed by atoms with E-state index in [1.165, 1.54) is 6.07 Å². The molecule has 7 heteroatoms. The van der Waals surface area contributed by atoms with Gasteiger partial charge in [0, 0.05) is 6.20 Å². The lowest BCUT2D eigenvalue weighted by atomic mass is 10.2. The van der Waals surface area contributed by atoms with Crippen molar-refractivity contribution in [1.29, 1.82) is 0 Å². The van der Waals surface area contributed by atoms with E-state index in [1.54, 1.807) is 31.3 Å². The maximum atomic E-state index is 12.0. The van der Waals surface area contributed by atoms with Gasteiger partial charge in [-0.25, -0.2) is 13.1 Å². The van der Waals surface area contributed by atoms with Crippen LogP contribution < -0.4 is 4.72 Å². The standard InChI is InChI=1S/C11H11ClN2O2S2/c1-8(9-4-2-3-7-13-9)14-18(15,16)11-6-5-10(12)17-11/h2-8,14H,1H3/t8-/m0/s1. The van der Waals surface area contributed by atoms with Gasteiger partial charge >= 0.3 is 0 Å². The summed E-state index contributed by atoms with van der Waals surface area (Å²) in [4.78, 5) is 4.11. The number of nitrogens with one attached hydrogen (secondary N) is 1. The summed E-state index contributed by atoms with van der Waals surface area (Å²) in [5.74, 6) is 0. The third-order valence-corrected chi connectivity index (χ3v) is 5.54. The lowest BCUT2D eigenvalue weighted by Crippen LogP contribution is -2.26. The van der Waals surface area contributed by atoms with E-state index in [0.717, 1.165) is 11.3 Å². The largest absolute Gasteiger partial charge is 0.260 e. The van der Waals surface area contributed by atoms with E-state index in [0.29, 0.717) is 10.0 Å². The van der Waals surface area contributed by atoms with E-state index in [4.69, 9.17) is 11.6 Å². The Morgan fingerprint density at radius 2 is 2.11 bits per heavy atom. The summed E-state index contributed by atoms with van der Waals surface area (Å²) in [6.45, 7) is 1.75. The topological polar surface area (TPSA) is 59.1 Å². The first-order valence-electron chi connectivity index (χ1n) is 5.17. The molecule has 96 valence electrons. The van der Waals surface area contributed by atoms with Crippen LogP contribution in [0.25, 0.3) is 0 Å². The number of pyridine rings is 1. The van der Waals surface area contributed by atoms with Crippen molar-refractivity contribution < 1.29 is 8.42 Å². The highest BCUT2D eigenvalue weighted by Crippen LogP contribution is 2.26. The van der Waals surface area contributed by atoms with Gasteiger partial charge in [-0.05, 0) is 31.2 Å². The van der Waals surface area contributed by atoms with Gasteiger partial charge < -0.3 is 0 Å². The molecule has 2 aromatic rings. The highest BCUT2D eigenvalue weighted by molar-refractivity contribution is 7.91. The minimum Gasteiger partial charge on any atom is -0.260 e. The lowest BCUT2D eigenvalue weighted by molar-refractivity contribution is 0.566. The summed E-state index contributed by atoms with van der Waals surface area (Å²) >= 11 is 6.76. The highest BCUT2D eigenvalue weighted by atomic mass is 35.5. The van der Waals surface area contributed by atoms with Gasteiger partial charge in [-0.15, -0.1) is 11.3 Å². The number of halogens is 1. The van der Waals surface area contributed by atoms with Crippen molar-refractivity contribution in [2.75, 3.05) is 0 Å². The molecule has 1 N–H and O–H groups in total. The Kier molecular flexibility index (Phi) is 4.01. The zero-order valence-electron chi connectivity index (χ0n) is 9.50. The average Bonchev–Trinajstić information content (AvgIpc) is 2.77. The molecule has 0 radical (unpaired) electrons. The molecule has 0 bridgehead atoms. The molecule has 0 saturated heterocycles. The molecule has 0 fully saturated rings. The minimum atomic E-state index is -3.54. The summed E-state index contributed by atoms with van der Waals surface area (Å²) in [7, 11) is -3.54. The number of thiophene rings is 1. The Bertz CT molecular complexity index is 626. The van der Waals surface area contributed by atoms with E-state index >= 15 is 0 Å². The Morgan fingerprint density at radius 3 is 2.67 bits per heavy atom. The number of sulfonamides is 1. The summed E-state index contributed by atoms with van der Waals surface area (Å²) in [6.07, 6.45) is 1.63. The number of hydrogen-bond donors (Lipinski definition) is 1. The smallest absolute Gasteiger partial charge is 0.250 e. The van der Waals surface area contributed by atoms with Gasteiger partial charge in [-0.3, -0.25) is 4.98 Å². The summed E-state index contributed by atoms with van der Waals surface area (Å²) < 4.78 is 27.3. The van der Waals surface area contributed by atoms with E-state index in [2.05, 4.69) is 9.71 Å². The molecule has 0 amide bonds. The molecular weight excluding hydrogens is 292 g/mol. The molecule has 0 aliphatic rings. The predicted octanol–water partition coefficient (Wildman–Crippen LogP) is 2.84. The zero-order valence-corrected chi connectivity index (χ0v) is 11.9. The molecule has 0 unspecified atom stereocenters. The van der Waals surface area contributed by atoms with Gasteiger partial charge in [-0.2, -0.15) is 0 Å². The maximum Gasteiger partial charge on any atom is 0.250 e. The van der Waals surface area contributed by atoms with Crippen LogP contribution in [-0.2, 0) is 10.0 Å². The molecule has 4 nitrogen and oxygen atoms in total. The van der Waals surface area contributed by atoms with Gasteiger partial charge in [0.25, 0.3) is 10.0 Å². The molecule has 2 aromatic heterocycles. The first kappa shape index (κ1) is 13.5.